The summed E-state index contributed by atoms with van der Waals surface area (Å²) in [7, 11) is 1.05. The maximum atomic E-state index is 14.3. The highest BCUT2D eigenvalue weighted by Gasteiger charge is 2.53. The van der Waals surface area contributed by atoms with Gasteiger partial charge in [-0.15, -0.1) is 0 Å². The quantitative estimate of drug-likeness (QED) is 0.862. The van der Waals surface area contributed by atoms with Gasteiger partial charge in [0, 0.05) is 18.2 Å². The standard InChI is InChI=1S/C15H21BFNO2/c1-7-10-12(18-6)9-8-11(17)13(10)16-19-14(2,3)15(4,5)20-16/h7-9,18H,1H2,2-6H3. The first-order valence-electron chi connectivity index (χ1n) is 6.71. The molecule has 0 unspecified atom stereocenters. The fraction of sp³-hybridized carbons (Fsp3) is 0.467. The normalized spacial score (nSPS) is 20.0. The molecule has 1 aromatic carbocycles. The van der Waals surface area contributed by atoms with E-state index in [0.717, 1.165) is 5.69 Å². The third kappa shape index (κ3) is 2.25. The van der Waals surface area contributed by atoms with E-state index < -0.39 is 18.3 Å². The van der Waals surface area contributed by atoms with E-state index in [0.29, 0.717) is 11.0 Å². The second-order valence-electron chi connectivity index (χ2n) is 5.96. The minimum absolute atomic E-state index is 0.350. The number of nitrogens with one attached hydrogen (secondary N) is 1. The Morgan fingerprint density at radius 3 is 2.20 bits per heavy atom. The van der Waals surface area contributed by atoms with Crippen LogP contribution in [-0.2, 0) is 9.31 Å². The molecule has 0 saturated carbocycles. The van der Waals surface area contributed by atoms with Crippen molar-refractivity contribution >= 4 is 24.3 Å². The summed E-state index contributed by atoms with van der Waals surface area (Å²) in [5.74, 6) is -0.350. The topological polar surface area (TPSA) is 30.5 Å². The summed E-state index contributed by atoms with van der Waals surface area (Å²) in [6.07, 6.45) is 1.62. The van der Waals surface area contributed by atoms with Crippen LogP contribution in [0, 0.1) is 5.82 Å². The van der Waals surface area contributed by atoms with E-state index in [1.54, 1.807) is 19.2 Å². The molecule has 0 bridgehead atoms. The van der Waals surface area contributed by atoms with Crippen LogP contribution in [0.2, 0.25) is 0 Å². The van der Waals surface area contributed by atoms with Gasteiger partial charge in [-0.2, -0.15) is 0 Å². The number of anilines is 1. The average molecular weight is 277 g/mol. The molecule has 108 valence electrons. The highest BCUT2D eigenvalue weighted by Crippen LogP contribution is 2.37. The molecule has 1 fully saturated rings. The second kappa shape index (κ2) is 4.90. The number of halogens is 1. The van der Waals surface area contributed by atoms with Crippen LogP contribution in [0.15, 0.2) is 18.7 Å². The van der Waals surface area contributed by atoms with Crippen molar-refractivity contribution in [2.24, 2.45) is 0 Å². The average Bonchev–Trinajstić information content (AvgIpc) is 2.57. The van der Waals surface area contributed by atoms with Gasteiger partial charge in [0.25, 0.3) is 0 Å². The minimum Gasteiger partial charge on any atom is -0.399 e. The molecule has 5 heteroatoms. The summed E-state index contributed by atoms with van der Waals surface area (Å²) in [5, 5.41) is 3.03. The highest BCUT2D eigenvalue weighted by molar-refractivity contribution is 6.63. The molecule has 20 heavy (non-hydrogen) atoms. The Balaban J connectivity index is 2.52. The first-order chi connectivity index (χ1) is 9.23. The largest absolute Gasteiger partial charge is 0.498 e. The first-order valence-corrected chi connectivity index (χ1v) is 6.71. The number of hydrogen-bond acceptors (Lipinski definition) is 3. The van der Waals surface area contributed by atoms with Crippen LogP contribution < -0.4 is 10.8 Å². The number of benzene rings is 1. The molecule has 1 aromatic rings. The van der Waals surface area contributed by atoms with Crippen LogP contribution in [0.5, 0.6) is 0 Å². The third-order valence-corrected chi connectivity index (χ3v) is 4.20. The van der Waals surface area contributed by atoms with Crippen molar-refractivity contribution in [3.05, 3.63) is 30.1 Å². The predicted octanol–water partition coefficient (Wildman–Crippen LogP) is 2.81. The van der Waals surface area contributed by atoms with E-state index in [2.05, 4.69) is 11.9 Å². The number of rotatable bonds is 3. The Labute approximate surface area is 120 Å². The zero-order valence-electron chi connectivity index (χ0n) is 12.7. The zero-order valence-corrected chi connectivity index (χ0v) is 12.7. The van der Waals surface area contributed by atoms with Gasteiger partial charge in [-0.25, -0.2) is 4.39 Å². The molecule has 1 heterocycles. The molecule has 1 saturated heterocycles. The van der Waals surface area contributed by atoms with E-state index in [1.807, 2.05) is 27.7 Å². The lowest BCUT2D eigenvalue weighted by molar-refractivity contribution is 0.00578. The van der Waals surface area contributed by atoms with E-state index >= 15 is 0 Å². The molecule has 0 atom stereocenters. The monoisotopic (exact) mass is 277 g/mol. The van der Waals surface area contributed by atoms with Gasteiger partial charge in [0.1, 0.15) is 5.82 Å². The fourth-order valence-electron chi connectivity index (χ4n) is 2.25. The van der Waals surface area contributed by atoms with Crippen LogP contribution in [0.1, 0.15) is 33.3 Å². The van der Waals surface area contributed by atoms with Gasteiger partial charge >= 0.3 is 7.12 Å². The smallest absolute Gasteiger partial charge is 0.399 e. The van der Waals surface area contributed by atoms with Crippen LogP contribution >= 0.6 is 0 Å². The lowest BCUT2D eigenvalue weighted by Gasteiger charge is -2.32. The van der Waals surface area contributed by atoms with Gasteiger partial charge in [0.15, 0.2) is 0 Å². The van der Waals surface area contributed by atoms with Crippen LogP contribution in [0.4, 0.5) is 10.1 Å². The highest BCUT2D eigenvalue weighted by atomic mass is 19.1. The van der Waals surface area contributed by atoms with Crippen molar-refractivity contribution in [2.75, 3.05) is 12.4 Å². The minimum atomic E-state index is -0.735. The summed E-state index contributed by atoms with van der Waals surface area (Å²) in [4.78, 5) is 0. The molecule has 2 rings (SSSR count). The summed E-state index contributed by atoms with van der Waals surface area (Å²) < 4.78 is 26.1. The zero-order chi connectivity index (χ0) is 15.1. The van der Waals surface area contributed by atoms with Crippen molar-refractivity contribution in [1.29, 1.82) is 0 Å². The Morgan fingerprint density at radius 1 is 1.20 bits per heavy atom. The lowest BCUT2D eigenvalue weighted by atomic mass is 9.75. The molecule has 0 amide bonds. The molecule has 0 radical (unpaired) electrons. The maximum absolute atomic E-state index is 14.3. The van der Waals surface area contributed by atoms with E-state index in [1.165, 1.54) is 6.07 Å². The van der Waals surface area contributed by atoms with Crippen LogP contribution in [-0.4, -0.2) is 25.4 Å². The van der Waals surface area contributed by atoms with Crippen molar-refractivity contribution in [3.63, 3.8) is 0 Å². The number of hydrogen-bond donors (Lipinski definition) is 1. The van der Waals surface area contributed by atoms with Gasteiger partial charge in [0.2, 0.25) is 0 Å². The Morgan fingerprint density at radius 2 is 1.75 bits per heavy atom. The van der Waals surface area contributed by atoms with Crippen molar-refractivity contribution in [2.45, 2.75) is 38.9 Å². The van der Waals surface area contributed by atoms with Gasteiger partial charge in [-0.3, -0.25) is 0 Å². The molecule has 0 aliphatic carbocycles. The van der Waals surface area contributed by atoms with E-state index in [9.17, 15) is 4.39 Å². The molecule has 0 aromatic heterocycles. The third-order valence-electron chi connectivity index (χ3n) is 4.20. The van der Waals surface area contributed by atoms with Crippen molar-refractivity contribution < 1.29 is 13.7 Å². The Bertz CT molecular complexity index is 527. The molecular weight excluding hydrogens is 256 g/mol. The summed E-state index contributed by atoms with van der Waals surface area (Å²) >= 11 is 0. The molecule has 3 nitrogen and oxygen atoms in total. The Kier molecular flexibility index (Phi) is 3.69. The lowest BCUT2D eigenvalue weighted by Crippen LogP contribution is -2.41. The molecule has 1 aliphatic rings. The van der Waals surface area contributed by atoms with E-state index in [-0.39, 0.29) is 5.82 Å². The summed E-state index contributed by atoms with van der Waals surface area (Å²) in [6, 6.07) is 3.10. The Hall–Kier alpha value is -1.33. The fourth-order valence-corrected chi connectivity index (χ4v) is 2.25. The summed E-state index contributed by atoms with van der Waals surface area (Å²) in [6.45, 7) is 11.5. The first kappa shape index (κ1) is 15.1. The molecule has 1 aliphatic heterocycles. The molecule has 0 spiro atoms. The van der Waals surface area contributed by atoms with Crippen LogP contribution in [0.3, 0.4) is 0 Å². The van der Waals surface area contributed by atoms with Gasteiger partial charge in [-0.1, -0.05) is 12.7 Å². The van der Waals surface area contributed by atoms with Gasteiger partial charge in [0.05, 0.1) is 11.2 Å². The van der Waals surface area contributed by atoms with Crippen LogP contribution in [0.25, 0.3) is 6.08 Å². The SMILES string of the molecule is C=Cc1c(NC)ccc(F)c1B1OC(C)(C)C(C)(C)O1. The van der Waals surface area contributed by atoms with E-state index in [4.69, 9.17) is 9.31 Å². The molecule has 1 N–H and O–H groups in total. The second-order valence-corrected chi connectivity index (χ2v) is 5.96. The predicted molar refractivity (Wildman–Crippen MR) is 81.8 cm³/mol. The van der Waals surface area contributed by atoms with Crippen molar-refractivity contribution in [3.8, 4) is 0 Å². The summed E-state index contributed by atoms with van der Waals surface area (Å²) in [5.41, 5.74) is 0.860. The van der Waals surface area contributed by atoms with Gasteiger partial charge < -0.3 is 14.6 Å². The maximum Gasteiger partial charge on any atom is 0.498 e. The molecular formula is C15H21BFNO2. The van der Waals surface area contributed by atoms with Crippen molar-refractivity contribution in [1.82, 2.24) is 0 Å². The van der Waals surface area contributed by atoms with Gasteiger partial charge in [-0.05, 0) is 45.4 Å².